The van der Waals surface area contributed by atoms with E-state index in [4.69, 9.17) is 0 Å². The number of hydrogen-bond donors (Lipinski definition) is 1. The van der Waals surface area contributed by atoms with Crippen molar-refractivity contribution in [2.45, 2.75) is 26.2 Å². The number of hydrogen-bond acceptors (Lipinski definition) is 3. The highest BCUT2D eigenvalue weighted by Gasteiger charge is 2.13. The Morgan fingerprint density at radius 3 is 2.77 bits per heavy atom. The monoisotopic (exact) mass is 292 g/mol. The molecule has 3 rings (SSSR count). The van der Waals surface area contributed by atoms with Crippen molar-refractivity contribution in [3.05, 3.63) is 69.3 Å². The number of H-pyrrole nitrogens is 1. The average molecular weight is 292 g/mol. The molecule has 0 aliphatic carbocycles. The van der Waals surface area contributed by atoms with Crippen molar-refractivity contribution in [2.75, 3.05) is 0 Å². The van der Waals surface area contributed by atoms with Crippen molar-refractivity contribution in [1.82, 2.24) is 14.6 Å². The van der Waals surface area contributed by atoms with E-state index in [1.54, 1.807) is 0 Å². The standard InChI is InChI=1S/C17H16N4O/c1-2-6-13-10-16-19-15(9-12-7-4-3-5-8-12)20-21(16)17(22)14(13)11-18/h3-5,7-8,10H,2,6,9H2,1H3,(H,19,20). The zero-order chi connectivity index (χ0) is 15.5. The van der Waals surface area contributed by atoms with Crippen molar-refractivity contribution >= 4 is 5.65 Å². The highest BCUT2D eigenvalue weighted by atomic mass is 16.1. The highest BCUT2D eigenvalue weighted by Crippen LogP contribution is 2.12. The van der Waals surface area contributed by atoms with Crippen LogP contribution in [0.3, 0.4) is 0 Å². The van der Waals surface area contributed by atoms with Crippen molar-refractivity contribution in [3.8, 4) is 6.07 Å². The number of benzene rings is 1. The van der Waals surface area contributed by atoms with Crippen LogP contribution in [0.15, 0.2) is 41.2 Å². The van der Waals surface area contributed by atoms with Gasteiger partial charge in [0.25, 0.3) is 5.56 Å². The predicted octanol–water partition coefficient (Wildman–Crippen LogP) is 2.44. The van der Waals surface area contributed by atoms with Crippen LogP contribution in [0.25, 0.3) is 5.65 Å². The second-order valence-electron chi connectivity index (χ2n) is 5.24. The van der Waals surface area contributed by atoms with E-state index in [1.807, 2.05) is 49.4 Å². The molecule has 0 amide bonds. The Morgan fingerprint density at radius 2 is 2.09 bits per heavy atom. The molecule has 0 fully saturated rings. The first-order valence-electron chi connectivity index (χ1n) is 7.30. The Bertz CT molecular complexity index is 900. The molecule has 1 N–H and O–H groups in total. The molecule has 2 aromatic heterocycles. The minimum atomic E-state index is -0.324. The van der Waals surface area contributed by atoms with E-state index in [9.17, 15) is 10.1 Å². The maximum absolute atomic E-state index is 12.4. The maximum atomic E-state index is 12.4. The maximum Gasteiger partial charge on any atom is 0.289 e. The van der Waals surface area contributed by atoms with Crippen LogP contribution in [0.1, 0.15) is 35.9 Å². The minimum Gasteiger partial charge on any atom is -0.276 e. The zero-order valence-electron chi connectivity index (χ0n) is 12.3. The van der Waals surface area contributed by atoms with Crippen molar-refractivity contribution < 1.29 is 0 Å². The molecule has 0 bridgehead atoms. The quantitative estimate of drug-likeness (QED) is 0.802. The van der Waals surface area contributed by atoms with E-state index in [0.29, 0.717) is 24.3 Å². The van der Waals surface area contributed by atoms with Gasteiger partial charge in [0.2, 0.25) is 0 Å². The smallest absolute Gasteiger partial charge is 0.276 e. The summed E-state index contributed by atoms with van der Waals surface area (Å²) >= 11 is 0. The Labute approximate surface area is 127 Å². The summed E-state index contributed by atoms with van der Waals surface area (Å²) in [5.74, 6) is 0.709. The van der Waals surface area contributed by atoms with Crippen LogP contribution in [0.5, 0.6) is 0 Å². The molecule has 0 atom stereocenters. The molecule has 3 aromatic rings. The van der Waals surface area contributed by atoms with Gasteiger partial charge in [-0.3, -0.25) is 9.89 Å². The van der Waals surface area contributed by atoms with Gasteiger partial charge in [0.15, 0.2) is 5.65 Å². The normalized spacial score (nSPS) is 10.7. The van der Waals surface area contributed by atoms with Crippen LogP contribution in [0, 0.1) is 11.3 Å². The summed E-state index contributed by atoms with van der Waals surface area (Å²) in [6, 6.07) is 13.8. The van der Waals surface area contributed by atoms with E-state index in [1.165, 1.54) is 4.52 Å². The summed E-state index contributed by atoms with van der Waals surface area (Å²) in [5, 5.41) is 12.2. The van der Waals surface area contributed by atoms with E-state index in [2.05, 4.69) is 10.1 Å². The van der Waals surface area contributed by atoms with Crippen molar-refractivity contribution in [1.29, 1.82) is 5.26 Å². The number of aromatic amines is 1. The number of rotatable bonds is 4. The largest absolute Gasteiger partial charge is 0.289 e. The molecule has 0 saturated heterocycles. The third kappa shape index (κ3) is 2.51. The molecule has 1 aromatic carbocycles. The van der Waals surface area contributed by atoms with Crippen LogP contribution in [0.2, 0.25) is 0 Å². The Morgan fingerprint density at radius 1 is 1.32 bits per heavy atom. The van der Waals surface area contributed by atoms with Crippen LogP contribution >= 0.6 is 0 Å². The second-order valence-corrected chi connectivity index (χ2v) is 5.24. The number of nitrogens with one attached hydrogen (secondary N) is 1. The van der Waals surface area contributed by atoms with E-state index in [0.717, 1.165) is 17.5 Å². The van der Waals surface area contributed by atoms with Gasteiger partial charge < -0.3 is 0 Å². The first-order valence-corrected chi connectivity index (χ1v) is 7.30. The van der Waals surface area contributed by atoms with Gasteiger partial charge in [0.05, 0.1) is 0 Å². The number of pyridine rings is 1. The second kappa shape index (κ2) is 5.86. The van der Waals surface area contributed by atoms with Gasteiger partial charge in [-0.25, -0.2) is 4.98 Å². The molecule has 110 valence electrons. The van der Waals surface area contributed by atoms with Gasteiger partial charge in [0, 0.05) is 6.42 Å². The van der Waals surface area contributed by atoms with E-state index < -0.39 is 0 Å². The van der Waals surface area contributed by atoms with Crippen molar-refractivity contribution in [3.63, 3.8) is 0 Å². The molecule has 0 aliphatic heterocycles. The van der Waals surface area contributed by atoms with Gasteiger partial charge in [-0.1, -0.05) is 43.7 Å². The fraction of sp³-hybridized carbons (Fsp3) is 0.235. The van der Waals surface area contributed by atoms with E-state index >= 15 is 0 Å². The van der Waals surface area contributed by atoms with Gasteiger partial charge in [-0.15, -0.1) is 0 Å². The topological polar surface area (TPSA) is 74.0 Å². The van der Waals surface area contributed by atoms with Gasteiger partial charge in [-0.05, 0) is 23.6 Å². The molecule has 0 radical (unpaired) electrons. The molecule has 0 saturated carbocycles. The first-order chi connectivity index (χ1) is 10.7. The lowest BCUT2D eigenvalue weighted by atomic mass is 10.1. The summed E-state index contributed by atoms with van der Waals surface area (Å²) in [5.41, 5.74) is 2.33. The van der Waals surface area contributed by atoms with Crippen LogP contribution < -0.4 is 5.56 Å². The summed E-state index contributed by atoms with van der Waals surface area (Å²) in [6.45, 7) is 2.02. The van der Waals surface area contributed by atoms with Gasteiger partial charge >= 0.3 is 0 Å². The lowest BCUT2D eigenvalue weighted by Crippen LogP contribution is -2.19. The Kier molecular flexibility index (Phi) is 3.75. The van der Waals surface area contributed by atoms with Crippen LogP contribution in [-0.4, -0.2) is 14.6 Å². The third-order valence-electron chi connectivity index (χ3n) is 3.61. The molecule has 5 nitrogen and oxygen atoms in total. The first kappa shape index (κ1) is 14.1. The van der Waals surface area contributed by atoms with Gasteiger partial charge in [0.1, 0.15) is 17.5 Å². The van der Waals surface area contributed by atoms with Crippen molar-refractivity contribution in [2.24, 2.45) is 0 Å². The number of aromatic nitrogens is 3. The number of fused-ring (bicyclic) bond motifs is 1. The van der Waals surface area contributed by atoms with Crippen LogP contribution in [-0.2, 0) is 12.8 Å². The number of nitriles is 1. The lowest BCUT2D eigenvalue weighted by Gasteiger charge is -2.01. The number of aryl methyl sites for hydroxylation is 1. The summed E-state index contributed by atoms with van der Waals surface area (Å²) in [7, 11) is 0. The molecule has 22 heavy (non-hydrogen) atoms. The predicted molar refractivity (Wildman–Crippen MR) is 83.8 cm³/mol. The van der Waals surface area contributed by atoms with E-state index in [-0.39, 0.29) is 11.1 Å². The van der Waals surface area contributed by atoms with Crippen LogP contribution in [0.4, 0.5) is 0 Å². The molecule has 0 aliphatic rings. The molecular weight excluding hydrogens is 276 g/mol. The molecular formula is C17H16N4O. The Balaban J connectivity index is 2.08. The lowest BCUT2D eigenvalue weighted by molar-refractivity contribution is 0.853. The summed E-state index contributed by atoms with van der Waals surface area (Å²) < 4.78 is 1.36. The minimum absolute atomic E-state index is 0.203. The SMILES string of the molecule is CCCc1cc2nc(Cc3ccccc3)[nH]n2c(=O)c1C#N. The number of nitrogens with zero attached hydrogens (tertiary/aromatic N) is 3. The highest BCUT2D eigenvalue weighted by molar-refractivity contribution is 5.48. The molecule has 0 unspecified atom stereocenters. The fourth-order valence-corrected chi connectivity index (χ4v) is 2.58. The average Bonchev–Trinajstić information content (AvgIpc) is 2.92. The Hall–Kier alpha value is -2.87. The summed E-state index contributed by atoms with van der Waals surface area (Å²) in [6.07, 6.45) is 2.20. The fourth-order valence-electron chi connectivity index (χ4n) is 2.58. The molecule has 2 heterocycles. The van der Waals surface area contributed by atoms with Gasteiger partial charge in [-0.2, -0.15) is 9.78 Å². The third-order valence-corrected chi connectivity index (χ3v) is 3.61. The zero-order valence-corrected chi connectivity index (χ0v) is 12.3. The molecule has 5 heteroatoms. The summed E-state index contributed by atoms with van der Waals surface area (Å²) in [4.78, 5) is 16.9. The molecule has 0 spiro atoms.